The van der Waals surface area contributed by atoms with Crippen LogP contribution in [0, 0.1) is 0 Å². The molecule has 0 amide bonds. The van der Waals surface area contributed by atoms with E-state index in [0.29, 0.717) is 47.3 Å². The van der Waals surface area contributed by atoms with E-state index in [1.807, 2.05) is 36.5 Å². The van der Waals surface area contributed by atoms with Crippen LogP contribution in [0.1, 0.15) is 5.56 Å². The summed E-state index contributed by atoms with van der Waals surface area (Å²) in [6.07, 6.45) is 3.44. The van der Waals surface area contributed by atoms with E-state index in [2.05, 4.69) is 41.8 Å². The van der Waals surface area contributed by atoms with Crippen molar-refractivity contribution in [3.63, 3.8) is 0 Å². The molecule has 0 saturated carbocycles. The van der Waals surface area contributed by atoms with Gasteiger partial charge in [0.2, 0.25) is 0 Å². The number of benzene rings is 2. The van der Waals surface area contributed by atoms with Crippen LogP contribution in [0.25, 0.3) is 21.8 Å². The molecule has 178 valence electrons. The normalized spacial score (nSPS) is 11.2. The van der Waals surface area contributed by atoms with Crippen molar-refractivity contribution >= 4 is 56.5 Å². The fourth-order valence-corrected chi connectivity index (χ4v) is 4.00. The molecule has 0 bridgehead atoms. The number of fused-ring (bicyclic) bond motifs is 2. The fraction of sp³-hybridized carbons (Fsp3) is 0.167. The molecular weight excluding hydrogens is 489 g/mol. The molecule has 0 saturated heterocycles. The SMILES string of the molecule is COc1cc2c(Nc3ccc4[nH]ccc4c3)ncnc2cc1OCCNCc1cc(Cl)nnc1Cl. The average molecular weight is 510 g/mol. The van der Waals surface area contributed by atoms with Gasteiger partial charge in [-0.1, -0.05) is 23.2 Å². The monoisotopic (exact) mass is 509 g/mol. The first-order valence-corrected chi connectivity index (χ1v) is 11.5. The molecule has 3 N–H and O–H groups in total. The number of hydrogen-bond acceptors (Lipinski definition) is 8. The van der Waals surface area contributed by atoms with Gasteiger partial charge in [0.05, 0.1) is 12.6 Å². The Kier molecular flexibility index (Phi) is 6.80. The fourth-order valence-electron chi connectivity index (χ4n) is 3.67. The van der Waals surface area contributed by atoms with E-state index in [0.717, 1.165) is 33.1 Å². The van der Waals surface area contributed by atoms with Crippen molar-refractivity contribution < 1.29 is 9.47 Å². The molecule has 5 rings (SSSR count). The second-order valence-corrected chi connectivity index (χ2v) is 8.40. The van der Waals surface area contributed by atoms with Crippen molar-refractivity contribution in [1.82, 2.24) is 30.5 Å². The Bertz CT molecular complexity index is 1490. The minimum Gasteiger partial charge on any atom is -0.493 e. The van der Waals surface area contributed by atoms with Gasteiger partial charge in [0, 0.05) is 52.9 Å². The van der Waals surface area contributed by atoms with Crippen molar-refractivity contribution in [3.05, 3.63) is 70.9 Å². The molecule has 3 aromatic heterocycles. The van der Waals surface area contributed by atoms with Gasteiger partial charge < -0.3 is 25.1 Å². The summed E-state index contributed by atoms with van der Waals surface area (Å²) in [6.45, 7) is 1.46. The topological polar surface area (TPSA) is 110 Å². The van der Waals surface area contributed by atoms with Gasteiger partial charge in [0.15, 0.2) is 21.8 Å². The molecular formula is C24H21Cl2N7O2. The Morgan fingerprint density at radius 3 is 2.80 bits per heavy atom. The third kappa shape index (κ3) is 5.22. The summed E-state index contributed by atoms with van der Waals surface area (Å²) in [7, 11) is 1.60. The minimum atomic E-state index is 0.296. The van der Waals surface area contributed by atoms with Gasteiger partial charge in [0.1, 0.15) is 18.8 Å². The van der Waals surface area contributed by atoms with E-state index in [4.69, 9.17) is 32.7 Å². The van der Waals surface area contributed by atoms with E-state index in [9.17, 15) is 0 Å². The average Bonchev–Trinajstić information content (AvgIpc) is 3.33. The molecule has 2 aromatic carbocycles. The van der Waals surface area contributed by atoms with E-state index in [-0.39, 0.29) is 0 Å². The minimum absolute atomic E-state index is 0.296. The highest BCUT2D eigenvalue weighted by Gasteiger charge is 2.12. The number of anilines is 2. The Morgan fingerprint density at radius 2 is 1.91 bits per heavy atom. The van der Waals surface area contributed by atoms with Gasteiger partial charge >= 0.3 is 0 Å². The summed E-state index contributed by atoms with van der Waals surface area (Å²) in [4.78, 5) is 12.0. The number of aromatic nitrogens is 5. The van der Waals surface area contributed by atoms with Crippen LogP contribution in [-0.2, 0) is 6.54 Å². The van der Waals surface area contributed by atoms with E-state index < -0.39 is 0 Å². The van der Waals surface area contributed by atoms with Gasteiger partial charge in [-0.25, -0.2) is 9.97 Å². The second kappa shape index (κ2) is 10.3. The van der Waals surface area contributed by atoms with Crippen molar-refractivity contribution in [2.45, 2.75) is 6.54 Å². The Morgan fingerprint density at radius 1 is 1.00 bits per heavy atom. The van der Waals surface area contributed by atoms with E-state index in [1.54, 1.807) is 13.2 Å². The molecule has 0 radical (unpaired) electrons. The summed E-state index contributed by atoms with van der Waals surface area (Å²) in [6, 6.07) is 13.5. The number of methoxy groups -OCH3 is 1. The quantitative estimate of drug-likeness (QED) is 0.234. The third-order valence-corrected chi connectivity index (χ3v) is 5.88. The molecule has 9 nitrogen and oxygen atoms in total. The highest BCUT2D eigenvalue weighted by Crippen LogP contribution is 2.35. The summed E-state index contributed by atoms with van der Waals surface area (Å²) in [5, 5.41) is 16.7. The Balaban J connectivity index is 1.28. The van der Waals surface area contributed by atoms with Crippen molar-refractivity contribution in [1.29, 1.82) is 0 Å². The van der Waals surface area contributed by atoms with Crippen LogP contribution in [0.3, 0.4) is 0 Å². The number of halogens is 2. The molecule has 11 heteroatoms. The van der Waals surface area contributed by atoms with E-state index in [1.165, 1.54) is 6.33 Å². The van der Waals surface area contributed by atoms with Crippen molar-refractivity contribution in [2.75, 3.05) is 25.6 Å². The van der Waals surface area contributed by atoms with Crippen LogP contribution in [0.4, 0.5) is 11.5 Å². The molecule has 5 aromatic rings. The van der Waals surface area contributed by atoms with Crippen LogP contribution in [-0.4, -0.2) is 45.4 Å². The van der Waals surface area contributed by atoms with E-state index >= 15 is 0 Å². The number of ether oxygens (including phenoxy) is 2. The third-order valence-electron chi connectivity index (χ3n) is 5.38. The molecule has 0 atom stereocenters. The van der Waals surface area contributed by atoms with Gasteiger partial charge in [0.25, 0.3) is 0 Å². The molecule has 0 aliphatic heterocycles. The van der Waals surface area contributed by atoms with Crippen molar-refractivity contribution in [2.24, 2.45) is 0 Å². The number of hydrogen-bond donors (Lipinski definition) is 3. The molecule has 0 fully saturated rings. The zero-order valence-electron chi connectivity index (χ0n) is 18.7. The highest BCUT2D eigenvalue weighted by atomic mass is 35.5. The lowest BCUT2D eigenvalue weighted by atomic mass is 10.2. The standard InChI is InChI=1S/C24H21Cl2N7O2/c1-34-20-10-17-19(11-21(20)35-7-6-27-12-15-9-22(25)32-33-23(15)26)29-13-30-24(17)31-16-2-3-18-14(8-16)4-5-28-18/h2-5,8-11,13,27-28H,6-7,12H2,1H3,(H,29,30,31). The lowest BCUT2D eigenvalue weighted by molar-refractivity contribution is 0.292. The van der Waals surface area contributed by atoms with Crippen molar-refractivity contribution in [3.8, 4) is 11.5 Å². The lowest BCUT2D eigenvalue weighted by Crippen LogP contribution is -2.21. The largest absolute Gasteiger partial charge is 0.493 e. The number of H-pyrrole nitrogens is 1. The van der Waals surface area contributed by atoms with Gasteiger partial charge in [-0.3, -0.25) is 0 Å². The van der Waals surface area contributed by atoms with Gasteiger partial charge in [-0.05, 0) is 36.4 Å². The molecule has 0 unspecified atom stereocenters. The maximum atomic E-state index is 6.05. The predicted octanol–water partition coefficient (Wildman–Crippen LogP) is 5.13. The highest BCUT2D eigenvalue weighted by molar-refractivity contribution is 6.31. The molecule has 0 aliphatic rings. The molecule has 0 aliphatic carbocycles. The lowest BCUT2D eigenvalue weighted by Gasteiger charge is -2.14. The van der Waals surface area contributed by atoms with Crippen LogP contribution in [0.5, 0.6) is 11.5 Å². The molecule has 0 spiro atoms. The summed E-state index contributed by atoms with van der Waals surface area (Å²) >= 11 is 11.9. The summed E-state index contributed by atoms with van der Waals surface area (Å²) in [5.41, 5.74) is 3.50. The first-order chi connectivity index (χ1) is 17.1. The number of aromatic amines is 1. The molecule has 35 heavy (non-hydrogen) atoms. The van der Waals surface area contributed by atoms with Crippen LogP contribution >= 0.6 is 23.2 Å². The zero-order chi connectivity index (χ0) is 24.2. The van der Waals surface area contributed by atoms with Crippen LogP contribution < -0.4 is 20.1 Å². The smallest absolute Gasteiger partial charge is 0.163 e. The molecule has 3 heterocycles. The summed E-state index contributed by atoms with van der Waals surface area (Å²) in [5.74, 6) is 1.86. The van der Waals surface area contributed by atoms with Gasteiger partial charge in [-0.15, -0.1) is 10.2 Å². The zero-order valence-corrected chi connectivity index (χ0v) is 20.2. The maximum absolute atomic E-state index is 6.05. The number of rotatable bonds is 9. The number of nitrogens with zero attached hydrogens (tertiary/aromatic N) is 4. The van der Waals surface area contributed by atoms with Crippen LogP contribution in [0.15, 0.2) is 55.0 Å². The Labute approximate surface area is 210 Å². The first kappa shape index (κ1) is 23.1. The second-order valence-electron chi connectivity index (χ2n) is 7.66. The van der Waals surface area contributed by atoms with Gasteiger partial charge in [-0.2, -0.15) is 0 Å². The maximum Gasteiger partial charge on any atom is 0.163 e. The first-order valence-electron chi connectivity index (χ1n) is 10.8. The summed E-state index contributed by atoms with van der Waals surface area (Å²) < 4.78 is 11.5. The van der Waals surface area contributed by atoms with Crippen LogP contribution in [0.2, 0.25) is 10.3 Å². The Hall–Kier alpha value is -3.66. The number of nitrogens with one attached hydrogen (secondary N) is 3. The predicted molar refractivity (Wildman–Crippen MR) is 137 cm³/mol.